The van der Waals surface area contributed by atoms with E-state index < -0.39 is 7.59 Å². The second kappa shape index (κ2) is 4.92. The van der Waals surface area contributed by atoms with Crippen molar-refractivity contribution in [3.05, 3.63) is 29.8 Å². The predicted molar refractivity (Wildman–Crippen MR) is 73.3 cm³/mol. The maximum Gasteiger partial charge on any atom is 0.335 e. The Hall–Kier alpha value is -1.03. The fourth-order valence-corrected chi connectivity index (χ4v) is 4.26. The number of fused-ring (bicyclic) bond motifs is 1. The van der Waals surface area contributed by atoms with Gasteiger partial charge < -0.3 is 0 Å². The Morgan fingerprint density at radius 1 is 1.28 bits per heavy atom. The minimum atomic E-state index is -3.12. The van der Waals surface area contributed by atoms with Crippen molar-refractivity contribution in [2.75, 3.05) is 31.2 Å². The molecule has 1 amide bonds. The van der Waals surface area contributed by atoms with Gasteiger partial charge in [0.2, 0.25) is 0 Å². The number of amides is 1. The van der Waals surface area contributed by atoms with Crippen molar-refractivity contribution < 1.29 is 9.36 Å². The van der Waals surface area contributed by atoms with Gasteiger partial charge >= 0.3 is 7.59 Å². The number of rotatable bonds is 3. The number of anilines is 1. The number of para-hydroxylation sites is 1. The first kappa shape index (κ1) is 13.4. The van der Waals surface area contributed by atoms with Crippen molar-refractivity contribution in [1.29, 1.82) is 0 Å². The summed E-state index contributed by atoms with van der Waals surface area (Å²) in [5.74, 6) is 0.0933. The quantitative estimate of drug-likeness (QED) is 0.684. The maximum absolute atomic E-state index is 12.9. The lowest BCUT2D eigenvalue weighted by Crippen LogP contribution is -2.43. The summed E-state index contributed by atoms with van der Waals surface area (Å²) in [6.07, 6.45) is 0. The standard InChI is InChI=1S/C11H15ClN3O2P/c1-14-10-6-4-3-5-9(10)11(16)15(2)18(14,17)13-8-7-12/h3-6H,7-8H2,1-2H3,(H,13,17). The highest BCUT2D eigenvalue weighted by Crippen LogP contribution is 2.54. The summed E-state index contributed by atoms with van der Waals surface area (Å²) in [6.45, 7) is 0.378. The van der Waals surface area contributed by atoms with Crippen LogP contribution < -0.4 is 9.76 Å². The van der Waals surface area contributed by atoms with Gasteiger partial charge in [-0.2, -0.15) is 0 Å². The van der Waals surface area contributed by atoms with E-state index in [1.807, 2.05) is 6.07 Å². The number of nitrogens with one attached hydrogen (secondary N) is 1. The molecule has 0 bridgehead atoms. The molecule has 1 aliphatic heterocycles. The van der Waals surface area contributed by atoms with Crippen LogP contribution in [0.3, 0.4) is 0 Å². The van der Waals surface area contributed by atoms with Gasteiger partial charge in [0.25, 0.3) is 5.91 Å². The van der Waals surface area contributed by atoms with Crippen LogP contribution in [0.15, 0.2) is 24.3 Å². The molecule has 1 heterocycles. The third-order valence-electron chi connectivity index (χ3n) is 3.00. The number of alkyl halides is 1. The molecule has 0 saturated carbocycles. The number of hydrogen-bond acceptors (Lipinski definition) is 2. The highest BCUT2D eigenvalue weighted by atomic mass is 35.5. The zero-order valence-electron chi connectivity index (χ0n) is 10.3. The number of carbonyl (C=O) groups is 1. The smallest absolute Gasteiger partial charge is 0.297 e. The SMILES string of the molecule is CN1C(=O)c2ccccc2N(C)P1(=O)NCCCl. The first-order chi connectivity index (χ1) is 8.52. The van der Waals surface area contributed by atoms with E-state index in [4.69, 9.17) is 11.6 Å². The molecule has 0 fully saturated rings. The molecule has 98 valence electrons. The lowest BCUT2D eigenvalue weighted by molar-refractivity contribution is 0.0875. The number of carbonyl (C=O) groups excluding carboxylic acids is 1. The first-order valence-corrected chi connectivity index (χ1v) is 7.70. The Balaban J connectivity index is 2.48. The number of benzene rings is 1. The summed E-state index contributed by atoms with van der Waals surface area (Å²) in [5, 5.41) is 2.87. The molecule has 0 saturated heterocycles. The highest BCUT2D eigenvalue weighted by molar-refractivity contribution is 7.62. The van der Waals surface area contributed by atoms with Crippen LogP contribution in [0.2, 0.25) is 0 Å². The molecule has 0 spiro atoms. The average Bonchev–Trinajstić information content (AvgIpc) is 2.41. The van der Waals surface area contributed by atoms with E-state index in [1.165, 1.54) is 11.7 Å². The van der Waals surface area contributed by atoms with Crippen molar-refractivity contribution >= 4 is 30.8 Å². The molecule has 1 unspecified atom stereocenters. The van der Waals surface area contributed by atoms with Crippen molar-refractivity contribution in [3.8, 4) is 0 Å². The molecule has 7 heteroatoms. The molecule has 0 aliphatic carbocycles. The van der Waals surface area contributed by atoms with E-state index in [9.17, 15) is 9.36 Å². The Labute approximate surface area is 111 Å². The lowest BCUT2D eigenvalue weighted by atomic mass is 10.1. The van der Waals surface area contributed by atoms with Crippen molar-refractivity contribution in [2.45, 2.75) is 0 Å². The fourth-order valence-electron chi connectivity index (χ4n) is 1.98. The molecule has 0 radical (unpaired) electrons. The third kappa shape index (κ3) is 1.92. The molecule has 18 heavy (non-hydrogen) atoms. The minimum Gasteiger partial charge on any atom is -0.297 e. The number of halogens is 1. The predicted octanol–water partition coefficient (Wildman–Crippen LogP) is 2.14. The summed E-state index contributed by atoms with van der Waals surface area (Å²) in [5.41, 5.74) is 1.23. The number of nitrogens with zero attached hydrogens (tertiary/aromatic N) is 2. The summed E-state index contributed by atoms with van der Waals surface area (Å²) < 4.78 is 15.8. The van der Waals surface area contributed by atoms with E-state index in [0.29, 0.717) is 23.7 Å². The molecule has 0 aromatic heterocycles. The van der Waals surface area contributed by atoms with E-state index in [0.717, 1.165) is 0 Å². The monoisotopic (exact) mass is 287 g/mol. The van der Waals surface area contributed by atoms with Crippen LogP contribution in [0, 0.1) is 0 Å². The van der Waals surface area contributed by atoms with Gasteiger partial charge in [-0.1, -0.05) is 12.1 Å². The van der Waals surface area contributed by atoms with Gasteiger partial charge in [0.1, 0.15) is 0 Å². The Morgan fingerprint density at radius 2 is 1.94 bits per heavy atom. The van der Waals surface area contributed by atoms with Crippen LogP contribution in [0.25, 0.3) is 0 Å². The van der Waals surface area contributed by atoms with Crippen molar-refractivity contribution in [1.82, 2.24) is 9.76 Å². The summed E-state index contributed by atoms with van der Waals surface area (Å²) >= 11 is 5.61. The second-order valence-corrected chi connectivity index (χ2v) is 6.99. The van der Waals surface area contributed by atoms with E-state index in [-0.39, 0.29) is 5.91 Å². The largest absolute Gasteiger partial charge is 0.335 e. The molecule has 5 nitrogen and oxygen atoms in total. The average molecular weight is 288 g/mol. The zero-order valence-corrected chi connectivity index (χ0v) is 11.9. The maximum atomic E-state index is 12.9. The van der Waals surface area contributed by atoms with E-state index >= 15 is 0 Å². The molecule has 1 atom stereocenters. The van der Waals surface area contributed by atoms with Crippen molar-refractivity contribution in [3.63, 3.8) is 0 Å². The van der Waals surface area contributed by atoms with Crippen LogP contribution in [-0.4, -0.2) is 37.1 Å². The van der Waals surface area contributed by atoms with Gasteiger partial charge in [-0.3, -0.25) is 18.7 Å². The normalized spacial score (nSPS) is 23.2. The summed E-state index contributed by atoms with van der Waals surface area (Å²) in [4.78, 5) is 12.2. The fraction of sp³-hybridized carbons (Fsp3) is 0.364. The Morgan fingerprint density at radius 3 is 2.61 bits per heavy atom. The molecule has 2 rings (SSSR count). The summed E-state index contributed by atoms with van der Waals surface area (Å²) in [6, 6.07) is 7.13. The molecule has 1 aliphatic rings. The van der Waals surface area contributed by atoms with Gasteiger partial charge in [0.15, 0.2) is 0 Å². The summed E-state index contributed by atoms with van der Waals surface area (Å²) in [7, 11) is 0.133. The van der Waals surface area contributed by atoms with Gasteiger partial charge in [-0.05, 0) is 12.1 Å². The second-order valence-electron chi connectivity index (χ2n) is 4.01. The molecular formula is C11H15ClN3O2P. The van der Waals surface area contributed by atoms with E-state index in [1.54, 1.807) is 29.9 Å². The minimum absolute atomic E-state index is 0.242. The van der Waals surface area contributed by atoms with Crippen LogP contribution in [0.1, 0.15) is 10.4 Å². The van der Waals surface area contributed by atoms with Gasteiger partial charge in [0, 0.05) is 26.5 Å². The van der Waals surface area contributed by atoms with Gasteiger partial charge in [-0.25, -0.2) is 5.09 Å². The zero-order chi connectivity index (χ0) is 13.3. The first-order valence-electron chi connectivity index (χ1n) is 5.55. The van der Waals surface area contributed by atoms with Gasteiger partial charge in [-0.15, -0.1) is 11.6 Å². The number of hydrogen-bond donors (Lipinski definition) is 1. The molecular weight excluding hydrogens is 273 g/mol. The van der Waals surface area contributed by atoms with Crippen LogP contribution in [0.4, 0.5) is 5.69 Å². The van der Waals surface area contributed by atoms with Crippen LogP contribution in [-0.2, 0) is 4.57 Å². The topological polar surface area (TPSA) is 52.7 Å². The molecule has 1 N–H and O–H groups in total. The lowest BCUT2D eigenvalue weighted by Gasteiger charge is -2.41. The van der Waals surface area contributed by atoms with E-state index in [2.05, 4.69) is 5.09 Å². The Bertz CT molecular complexity index is 523. The molecule has 1 aromatic carbocycles. The third-order valence-corrected chi connectivity index (χ3v) is 5.85. The Kier molecular flexibility index (Phi) is 3.66. The van der Waals surface area contributed by atoms with Gasteiger partial charge in [0.05, 0.1) is 11.3 Å². The molecule has 1 aromatic rings. The van der Waals surface area contributed by atoms with Crippen LogP contribution >= 0.6 is 19.2 Å². The van der Waals surface area contributed by atoms with Crippen LogP contribution in [0.5, 0.6) is 0 Å². The van der Waals surface area contributed by atoms with Crippen molar-refractivity contribution in [2.24, 2.45) is 0 Å². The highest BCUT2D eigenvalue weighted by Gasteiger charge is 2.42.